The second-order valence-corrected chi connectivity index (χ2v) is 11.3. The van der Waals surface area contributed by atoms with E-state index in [-0.39, 0.29) is 0 Å². The van der Waals surface area contributed by atoms with Crippen LogP contribution < -0.4 is 0 Å². The Morgan fingerprint density at radius 2 is 0.818 bits per heavy atom. The molecule has 44 heavy (non-hydrogen) atoms. The molecular formula is C40H46N4. The normalized spacial score (nSPS) is 16.5. The maximum Gasteiger partial charge on any atom is 0.117 e. The molecule has 0 unspecified atom stereocenters. The van der Waals surface area contributed by atoms with E-state index in [0.29, 0.717) is 0 Å². The molecule has 0 saturated carbocycles. The zero-order valence-electron chi connectivity index (χ0n) is 27.9. The molecule has 0 atom stereocenters. The first-order valence-electron chi connectivity index (χ1n) is 16.7. The zero-order chi connectivity index (χ0) is 31.4. The van der Waals surface area contributed by atoms with E-state index >= 15 is 0 Å². The molecule has 4 heteroatoms. The average molecular weight is 583 g/mol. The SMILES string of the molecule is CCC1=C(CC)C2=NC1=C=C=C1N=C(/C=C\c3[nH]c(c(CC)c3CC)C#Cc3[nH]c(c(CC)c3CC)C=C2)C(CC)=C1CC. The third-order valence-electron chi connectivity index (χ3n) is 9.14. The van der Waals surface area contributed by atoms with Gasteiger partial charge < -0.3 is 9.97 Å². The number of nitrogens with zero attached hydrogens (tertiary/aromatic N) is 2. The summed E-state index contributed by atoms with van der Waals surface area (Å²) in [5, 5.41) is 0. The van der Waals surface area contributed by atoms with Gasteiger partial charge in [-0.2, -0.15) is 0 Å². The fraction of sp³-hybridized carbons (Fsp3) is 0.400. The van der Waals surface area contributed by atoms with Crippen molar-refractivity contribution < 1.29 is 0 Å². The molecular weight excluding hydrogens is 536 g/mol. The van der Waals surface area contributed by atoms with Gasteiger partial charge in [0.15, 0.2) is 0 Å². The molecule has 0 fully saturated rings. The molecule has 0 saturated heterocycles. The summed E-state index contributed by atoms with van der Waals surface area (Å²) in [5.41, 5.74) is 25.3. The van der Waals surface area contributed by atoms with Gasteiger partial charge in [-0.3, -0.25) is 0 Å². The van der Waals surface area contributed by atoms with Crippen molar-refractivity contribution in [3.05, 3.63) is 102 Å². The van der Waals surface area contributed by atoms with Gasteiger partial charge in [-0.25, -0.2) is 9.98 Å². The van der Waals surface area contributed by atoms with E-state index in [0.717, 1.165) is 97.0 Å². The monoisotopic (exact) mass is 582 g/mol. The lowest BCUT2D eigenvalue weighted by molar-refractivity contribution is 1.05. The first kappa shape index (κ1) is 31.2. The molecule has 0 spiro atoms. The van der Waals surface area contributed by atoms with Crippen LogP contribution in [-0.2, 0) is 25.7 Å². The van der Waals surface area contributed by atoms with E-state index in [1.165, 1.54) is 44.5 Å². The Morgan fingerprint density at radius 3 is 1.14 bits per heavy atom. The van der Waals surface area contributed by atoms with Crippen LogP contribution in [0.5, 0.6) is 0 Å². The summed E-state index contributed by atoms with van der Waals surface area (Å²) in [6.07, 6.45) is 16.1. The summed E-state index contributed by atoms with van der Waals surface area (Å²) in [6, 6.07) is 0. The van der Waals surface area contributed by atoms with Crippen LogP contribution in [0.3, 0.4) is 0 Å². The molecule has 0 aromatic carbocycles. The summed E-state index contributed by atoms with van der Waals surface area (Å²) in [4.78, 5) is 17.5. The summed E-state index contributed by atoms with van der Waals surface area (Å²) in [6.45, 7) is 17.7. The highest BCUT2D eigenvalue weighted by molar-refractivity contribution is 6.14. The van der Waals surface area contributed by atoms with Crippen molar-refractivity contribution in [1.29, 1.82) is 0 Å². The van der Waals surface area contributed by atoms with Crippen LogP contribution in [0.4, 0.5) is 0 Å². The van der Waals surface area contributed by atoms with Crippen LogP contribution in [0.15, 0.2) is 67.3 Å². The first-order valence-corrected chi connectivity index (χ1v) is 16.7. The van der Waals surface area contributed by atoms with Gasteiger partial charge in [-0.1, -0.05) is 55.4 Å². The van der Waals surface area contributed by atoms with Crippen LogP contribution in [0.25, 0.3) is 12.2 Å². The highest BCUT2D eigenvalue weighted by Gasteiger charge is 2.22. The van der Waals surface area contributed by atoms with Crippen molar-refractivity contribution in [3.8, 4) is 11.8 Å². The Labute approximate surface area is 264 Å². The van der Waals surface area contributed by atoms with Gasteiger partial charge in [0.2, 0.25) is 0 Å². The van der Waals surface area contributed by atoms with E-state index in [9.17, 15) is 0 Å². The van der Waals surface area contributed by atoms with Crippen LogP contribution >= 0.6 is 0 Å². The van der Waals surface area contributed by atoms with Crippen molar-refractivity contribution in [2.45, 2.75) is 107 Å². The molecule has 0 amide bonds. The number of aromatic amines is 2. The smallest absolute Gasteiger partial charge is 0.117 e. The van der Waals surface area contributed by atoms with Crippen molar-refractivity contribution in [2.24, 2.45) is 9.98 Å². The highest BCUT2D eigenvalue weighted by Crippen LogP contribution is 2.33. The van der Waals surface area contributed by atoms with Gasteiger partial charge in [0.1, 0.15) is 11.4 Å². The van der Waals surface area contributed by atoms with Gasteiger partial charge in [0.05, 0.1) is 22.8 Å². The van der Waals surface area contributed by atoms with Gasteiger partial charge in [-0.05, 0) is 144 Å². The van der Waals surface area contributed by atoms with E-state index in [2.05, 4.69) is 113 Å². The minimum Gasteiger partial charge on any atom is -0.348 e. The highest BCUT2D eigenvalue weighted by atomic mass is 14.8. The fourth-order valence-corrected chi connectivity index (χ4v) is 6.99. The zero-order valence-corrected chi connectivity index (χ0v) is 27.9. The average Bonchev–Trinajstić information content (AvgIpc) is 3.77. The third kappa shape index (κ3) is 5.55. The van der Waals surface area contributed by atoms with E-state index in [1.54, 1.807) is 0 Å². The molecule has 5 heterocycles. The number of H-pyrrole nitrogens is 2. The van der Waals surface area contributed by atoms with E-state index < -0.39 is 0 Å². The second-order valence-electron chi connectivity index (χ2n) is 11.3. The molecule has 2 aromatic heterocycles. The molecule has 4 nitrogen and oxygen atoms in total. The minimum absolute atomic E-state index is 0.875. The number of aromatic nitrogens is 2. The van der Waals surface area contributed by atoms with Crippen molar-refractivity contribution >= 4 is 23.6 Å². The number of aliphatic imine (C=N–C) groups is 2. The van der Waals surface area contributed by atoms with Gasteiger partial charge in [-0.15, -0.1) is 0 Å². The van der Waals surface area contributed by atoms with Crippen molar-refractivity contribution in [1.82, 2.24) is 9.97 Å². The predicted molar refractivity (Wildman–Crippen MR) is 187 cm³/mol. The minimum atomic E-state index is 0.875. The van der Waals surface area contributed by atoms with Crippen LogP contribution in [0.2, 0.25) is 0 Å². The number of nitrogens with one attached hydrogen (secondary N) is 2. The summed E-state index contributed by atoms with van der Waals surface area (Å²) in [5.74, 6) is 7.07. The lowest BCUT2D eigenvalue weighted by Gasteiger charge is -2.03. The Kier molecular flexibility index (Phi) is 9.61. The largest absolute Gasteiger partial charge is 0.348 e. The van der Waals surface area contributed by atoms with Gasteiger partial charge in [0.25, 0.3) is 0 Å². The molecule has 0 radical (unpaired) electrons. The maximum atomic E-state index is 5.09. The number of hydrogen-bond donors (Lipinski definition) is 2. The maximum absolute atomic E-state index is 5.09. The number of hydrogen-bond acceptors (Lipinski definition) is 2. The third-order valence-corrected chi connectivity index (χ3v) is 9.14. The summed E-state index contributed by atoms with van der Waals surface area (Å²) < 4.78 is 0. The standard InChI is InChI=1S/C40H46N4/c1-9-25-26(10-2)34-19-20-36-29(13-5)30(14-6)38(43-36)23-24-40-32(16-8)31(15-7)39(44-40)22-21-37-28(12-4)27(11-3)35(42-37)18-17-33(25)41-34/h17-18,23-24,41,43H,9-16H2,1-8H3/b18-17-,24-23?,33-17?,35-18?,38-23?,40-24?. The van der Waals surface area contributed by atoms with Crippen molar-refractivity contribution in [2.75, 3.05) is 0 Å². The molecule has 2 aromatic rings. The quantitative estimate of drug-likeness (QED) is 0.230. The first-order chi connectivity index (χ1) is 21.5. The number of rotatable bonds is 8. The molecule has 8 bridgehead atoms. The van der Waals surface area contributed by atoms with Crippen molar-refractivity contribution in [3.63, 3.8) is 0 Å². The Bertz CT molecular complexity index is 1710. The van der Waals surface area contributed by atoms with Crippen LogP contribution in [0.1, 0.15) is 126 Å². The van der Waals surface area contributed by atoms with Gasteiger partial charge >= 0.3 is 0 Å². The van der Waals surface area contributed by atoms with E-state index in [1.807, 2.05) is 0 Å². The van der Waals surface area contributed by atoms with Crippen LogP contribution in [-0.4, -0.2) is 21.4 Å². The van der Waals surface area contributed by atoms with Gasteiger partial charge in [0, 0.05) is 11.4 Å². The Hall–Kier alpha value is -4.28. The lowest BCUT2D eigenvalue weighted by Crippen LogP contribution is -1.96. The molecule has 5 rings (SSSR count). The topological polar surface area (TPSA) is 56.3 Å². The number of allylic oxidation sites excluding steroid dienone is 6. The van der Waals surface area contributed by atoms with E-state index in [4.69, 9.17) is 9.98 Å². The molecule has 3 aliphatic heterocycles. The molecule has 2 N–H and O–H groups in total. The Morgan fingerprint density at radius 1 is 0.455 bits per heavy atom. The Balaban J connectivity index is 1.82. The molecule has 226 valence electrons. The lowest BCUT2D eigenvalue weighted by atomic mass is 9.98. The summed E-state index contributed by atoms with van der Waals surface area (Å²) in [7, 11) is 0. The fourth-order valence-electron chi connectivity index (χ4n) is 6.99. The predicted octanol–water partition coefficient (Wildman–Crippen LogP) is 9.70. The number of fused-ring (bicyclic) bond motifs is 6. The molecule has 3 aliphatic rings. The second kappa shape index (κ2) is 13.6. The molecule has 0 aliphatic carbocycles. The summed E-state index contributed by atoms with van der Waals surface area (Å²) >= 11 is 0. The van der Waals surface area contributed by atoms with Crippen LogP contribution in [0, 0.1) is 11.8 Å².